The lowest BCUT2D eigenvalue weighted by atomic mass is 10.1. The lowest BCUT2D eigenvalue weighted by Crippen LogP contribution is -2.43. The Kier molecular flexibility index (Phi) is 4.06. The van der Waals surface area contributed by atoms with Crippen LogP contribution in [0.2, 0.25) is 0 Å². The van der Waals surface area contributed by atoms with E-state index in [0.29, 0.717) is 0 Å². The molecule has 0 heterocycles. The smallest absolute Gasteiger partial charge is 0.241 e. The van der Waals surface area contributed by atoms with E-state index in [1.165, 1.54) is 20.0 Å². The van der Waals surface area contributed by atoms with Crippen LogP contribution in [0.4, 0.5) is 0 Å². The maximum absolute atomic E-state index is 12.2. The van der Waals surface area contributed by atoms with Gasteiger partial charge in [0.1, 0.15) is 0 Å². The van der Waals surface area contributed by atoms with Gasteiger partial charge in [0.25, 0.3) is 0 Å². The first-order valence-electron chi connectivity index (χ1n) is 6.17. The van der Waals surface area contributed by atoms with E-state index in [1.54, 1.807) is 12.1 Å². The fourth-order valence-electron chi connectivity index (χ4n) is 1.91. The first-order chi connectivity index (χ1) is 9.44. The minimum Gasteiger partial charge on any atom is -0.358 e. The maximum Gasteiger partial charge on any atom is 0.241 e. The van der Waals surface area contributed by atoms with Crippen LogP contribution in [0.15, 0.2) is 47.4 Å². The van der Waals surface area contributed by atoms with Gasteiger partial charge in [-0.1, -0.05) is 30.3 Å². The predicted molar refractivity (Wildman–Crippen MR) is 77.8 cm³/mol. The number of hydrogen-bond acceptors (Lipinski definition) is 3. The first-order valence-corrected chi connectivity index (χ1v) is 7.65. The van der Waals surface area contributed by atoms with E-state index < -0.39 is 16.1 Å². The van der Waals surface area contributed by atoms with E-state index in [0.717, 1.165) is 10.8 Å². The second-order valence-corrected chi connectivity index (χ2v) is 6.18. The molecule has 0 aliphatic rings. The van der Waals surface area contributed by atoms with Crippen molar-refractivity contribution in [1.29, 1.82) is 0 Å². The van der Waals surface area contributed by atoms with E-state index in [4.69, 9.17) is 0 Å². The molecule has 1 atom stereocenters. The highest BCUT2D eigenvalue weighted by atomic mass is 32.2. The average Bonchev–Trinajstić information content (AvgIpc) is 2.45. The molecule has 2 aromatic rings. The Morgan fingerprint density at radius 1 is 1.10 bits per heavy atom. The van der Waals surface area contributed by atoms with Crippen LogP contribution in [-0.2, 0) is 14.8 Å². The summed E-state index contributed by atoms with van der Waals surface area (Å²) < 4.78 is 26.8. The molecular formula is C14H16N2O3S. The monoisotopic (exact) mass is 292 g/mol. The Bertz CT molecular complexity index is 741. The molecule has 0 bridgehead atoms. The normalized spacial score (nSPS) is 13.1. The zero-order chi connectivity index (χ0) is 14.8. The van der Waals surface area contributed by atoms with Gasteiger partial charge < -0.3 is 5.32 Å². The number of amides is 1. The van der Waals surface area contributed by atoms with Crippen LogP contribution in [0.1, 0.15) is 6.92 Å². The van der Waals surface area contributed by atoms with Gasteiger partial charge in [-0.3, -0.25) is 4.79 Å². The second-order valence-electron chi connectivity index (χ2n) is 4.47. The molecule has 0 aliphatic heterocycles. The molecule has 0 spiro atoms. The highest BCUT2D eigenvalue weighted by Gasteiger charge is 2.21. The summed E-state index contributed by atoms with van der Waals surface area (Å²) in [6.07, 6.45) is 0. The van der Waals surface area contributed by atoms with Crippen molar-refractivity contribution in [1.82, 2.24) is 10.0 Å². The van der Waals surface area contributed by atoms with Gasteiger partial charge in [-0.15, -0.1) is 0 Å². The zero-order valence-corrected chi connectivity index (χ0v) is 12.1. The summed E-state index contributed by atoms with van der Waals surface area (Å²) in [7, 11) is -2.26. The summed E-state index contributed by atoms with van der Waals surface area (Å²) in [6, 6.07) is 11.5. The minimum atomic E-state index is -3.72. The van der Waals surface area contributed by atoms with Gasteiger partial charge in [-0.2, -0.15) is 4.72 Å². The molecule has 6 heteroatoms. The Hall–Kier alpha value is -1.92. The van der Waals surface area contributed by atoms with Crippen LogP contribution < -0.4 is 10.0 Å². The number of fused-ring (bicyclic) bond motifs is 1. The molecule has 106 valence electrons. The van der Waals surface area contributed by atoms with Gasteiger partial charge in [-0.05, 0) is 29.8 Å². The van der Waals surface area contributed by atoms with Crippen molar-refractivity contribution in [3.8, 4) is 0 Å². The Balaban J connectivity index is 2.34. The van der Waals surface area contributed by atoms with Crippen molar-refractivity contribution < 1.29 is 13.2 Å². The topological polar surface area (TPSA) is 75.3 Å². The Labute approximate surface area is 118 Å². The van der Waals surface area contributed by atoms with Crippen LogP contribution in [0.3, 0.4) is 0 Å². The average molecular weight is 292 g/mol. The lowest BCUT2D eigenvalue weighted by Gasteiger charge is -2.13. The molecule has 5 nitrogen and oxygen atoms in total. The number of likely N-dealkylation sites (N-methyl/N-ethyl adjacent to an activating group) is 1. The summed E-state index contributed by atoms with van der Waals surface area (Å²) in [5.41, 5.74) is 0. The molecule has 0 aliphatic carbocycles. The van der Waals surface area contributed by atoms with Gasteiger partial charge >= 0.3 is 0 Å². The molecule has 2 rings (SSSR count). The summed E-state index contributed by atoms with van der Waals surface area (Å²) in [5.74, 6) is -0.380. The molecular weight excluding hydrogens is 276 g/mol. The lowest BCUT2D eigenvalue weighted by molar-refractivity contribution is -0.121. The SMILES string of the molecule is CNC(=O)C(C)NS(=O)(=O)c1ccc2ccccc2c1. The van der Waals surface area contributed by atoms with Crippen molar-refractivity contribution >= 4 is 26.7 Å². The number of rotatable bonds is 4. The van der Waals surface area contributed by atoms with Gasteiger partial charge in [-0.25, -0.2) is 8.42 Å². The first kappa shape index (κ1) is 14.5. The predicted octanol–water partition coefficient (Wildman–Crippen LogP) is 1.25. The van der Waals surface area contributed by atoms with E-state index in [9.17, 15) is 13.2 Å². The van der Waals surface area contributed by atoms with Crippen molar-refractivity contribution in [2.45, 2.75) is 17.9 Å². The number of hydrogen-bond donors (Lipinski definition) is 2. The third-order valence-corrected chi connectivity index (χ3v) is 4.54. The maximum atomic E-state index is 12.2. The number of carbonyl (C=O) groups excluding carboxylic acids is 1. The largest absolute Gasteiger partial charge is 0.358 e. The molecule has 0 fully saturated rings. The third kappa shape index (κ3) is 2.97. The second kappa shape index (κ2) is 5.60. The highest BCUT2D eigenvalue weighted by Crippen LogP contribution is 2.18. The van der Waals surface area contributed by atoms with Gasteiger partial charge in [0.05, 0.1) is 10.9 Å². The number of nitrogens with one attached hydrogen (secondary N) is 2. The molecule has 2 N–H and O–H groups in total. The van der Waals surface area contributed by atoms with Crippen molar-refractivity contribution in [3.63, 3.8) is 0 Å². The molecule has 0 radical (unpaired) electrons. The third-order valence-electron chi connectivity index (χ3n) is 3.00. The van der Waals surface area contributed by atoms with E-state index in [2.05, 4.69) is 10.0 Å². The number of sulfonamides is 1. The van der Waals surface area contributed by atoms with E-state index >= 15 is 0 Å². The van der Waals surface area contributed by atoms with Crippen LogP contribution >= 0.6 is 0 Å². The molecule has 2 aromatic carbocycles. The van der Waals surface area contributed by atoms with Crippen molar-refractivity contribution in [2.75, 3.05) is 7.05 Å². The summed E-state index contributed by atoms with van der Waals surface area (Å²) in [4.78, 5) is 11.5. The fraction of sp³-hybridized carbons (Fsp3) is 0.214. The summed E-state index contributed by atoms with van der Waals surface area (Å²) in [6.45, 7) is 1.50. The molecule has 0 saturated heterocycles. The van der Waals surface area contributed by atoms with Gasteiger partial charge in [0.15, 0.2) is 0 Å². The Morgan fingerprint density at radius 3 is 2.40 bits per heavy atom. The van der Waals surface area contributed by atoms with Crippen LogP contribution in [0, 0.1) is 0 Å². The van der Waals surface area contributed by atoms with Crippen LogP contribution in [-0.4, -0.2) is 27.4 Å². The molecule has 0 saturated carbocycles. The van der Waals surface area contributed by atoms with Gasteiger partial charge in [0, 0.05) is 7.05 Å². The van der Waals surface area contributed by atoms with E-state index in [-0.39, 0.29) is 10.8 Å². The summed E-state index contributed by atoms with van der Waals surface area (Å²) >= 11 is 0. The quantitative estimate of drug-likeness (QED) is 0.890. The van der Waals surface area contributed by atoms with Crippen LogP contribution in [0.5, 0.6) is 0 Å². The van der Waals surface area contributed by atoms with Crippen molar-refractivity contribution in [3.05, 3.63) is 42.5 Å². The standard InChI is InChI=1S/C14H16N2O3S/c1-10(14(17)15-2)16-20(18,19)13-8-7-11-5-3-4-6-12(11)9-13/h3-10,16H,1-2H3,(H,15,17). The van der Waals surface area contributed by atoms with Gasteiger partial charge in [0.2, 0.25) is 15.9 Å². The number of carbonyl (C=O) groups is 1. The molecule has 1 unspecified atom stereocenters. The highest BCUT2D eigenvalue weighted by molar-refractivity contribution is 7.89. The summed E-state index contributed by atoms with van der Waals surface area (Å²) in [5, 5.41) is 4.20. The van der Waals surface area contributed by atoms with Crippen molar-refractivity contribution in [2.24, 2.45) is 0 Å². The molecule has 20 heavy (non-hydrogen) atoms. The van der Waals surface area contributed by atoms with E-state index in [1.807, 2.05) is 24.3 Å². The molecule has 0 aromatic heterocycles. The molecule has 1 amide bonds. The fourth-order valence-corrected chi connectivity index (χ4v) is 3.14. The number of benzene rings is 2. The Morgan fingerprint density at radius 2 is 1.75 bits per heavy atom. The zero-order valence-electron chi connectivity index (χ0n) is 11.3. The van der Waals surface area contributed by atoms with Crippen LogP contribution in [0.25, 0.3) is 10.8 Å². The minimum absolute atomic E-state index is 0.145.